The molecule has 0 fully saturated rings. The van der Waals surface area contributed by atoms with E-state index in [-0.39, 0.29) is 33.7 Å². The van der Waals surface area contributed by atoms with Crippen molar-refractivity contribution in [1.29, 1.82) is 0 Å². The maximum absolute atomic E-state index is 11.7. The van der Waals surface area contributed by atoms with E-state index in [1.54, 1.807) is 0 Å². The molecule has 0 saturated heterocycles. The first-order chi connectivity index (χ1) is 21.8. The van der Waals surface area contributed by atoms with Gasteiger partial charge in [0.25, 0.3) is 0 Å². The summed E-state index contributed by atoms with van der Waals surface area (Å²) in [6.45, 7) is 36.6. The number of nitrogens with zero attached hydrogens (tertiary/aromatic N) is 1. The number of aromatic hydroxyl groups is 2. The zero-order valence-corrected chi connectivity index (χ0v) is 33.5. The quantitative estimate of drug-likeness (QED) is 0.228. The smallest absolute Gasteiger partial charge is 0.123 e. The molecule has 0 aliphatic heterocycles. The van der Waals surface area contributed by atoms with Crippen molar-refractivity contribution in [2.45, 2.75) is 164 Å². The summed E-state index contributed by atoms with van der Waals surface area (Å²) in [5, 5.41) is 23.5. The second kappa shape index (κ2) is 14.6. The third kappa shape index (κ3) is 9.68. The van der Waals surface area contributed by atoms with Crippen LogP contribution < -0.4 is 0 Å². The lowest BCUT2D eigenvalue weighted by Crippen LogP contribution is -2.35. The summed E-state index contributed by atoms with van der Waals surface area (Å²) in [5.41, 5.74) is 6.99. The van der Waals surface area contributed by atoms with Crippen molar-refractivity contribution in [2.75, 3.05) is 0 Å². The minimum atomic E-state index is -0.218. The highest BCUT2D eigenvalue weighted by Gasteiger charge is 2.36. The number of hydrogen-bond acceptors (Lipinski definition) is 3. The van der Waals surface area contributed by atoms with E-state index in [9.17, 15) is 10.2 Å². The Hall–Kier alpha value is -2.78. The van der Waals surface area contributed by atoms with E-state index in [0.29, 0.717) is 23.3 Å². The van der Waals surface area contributed by atoms with E-state index in [4.69, 9.17) is 0 Å². The van der Waals surface area contributed by atoms with Crippen LogP contribution in [-0.2, 0) is 28.2 Å². The molecule has 0 amide bonds. The SMILES string of the molecule is CC(C)CC(c1cc(C(C)(C)C)c(O)c(C(C)(C)C)c1)N(Cc1ccccc1)C(CC(C)C)c1cc(C(C)(C)C)c(O)c(C(C)(C)C)c1. The van der Waals surface area contributed by atoms with Crippen LogP contribution in [0.4, 0.5) is 0 Å². The van der Waals surface area contributed by atoms with Crippen LogP contribution in [-0.4, -0.2) is 15.1 Å². The first-order valence-corrected chi connectivity index (χ1v) is 18.4. The van der Waals surface area contributed by atoms with Gasteiger partial charge in [-0.2, -0.15) is 0 Å². The molecule has 0 aromatic heterocycles. The molecular weight excluding hydrogens is 587 g/mol. The summed E-state index contributed by atoms with van der Waals surface area (Å²) in [6, 6.07) is 20.3. The molecule has 0 bridgehead atoms. The molecule has 3 rings (SSSR count). The zero-order valence-electron chi connectivity index (χ0n) is 33.5. The molecule has 48 heavy (non-hydrogen) atoms. The van der Waals surface area contributed by atoms with Gasteiger partial charge >= 0.3 is 0 Å². The highest BCUT2D eigenvalue weighted by atomic mass is 16.3. The van der Waals surface area contributed by atoms with Gasteiger partial charge in [-0.25, -0.2) is 0 Å². The Morgan fingerprint density at radius 3 is 1.04 bits per heavy atom. The van der Waals surface area contributed by atoms with Crippen LogP contribution in [0.2, 0.25) is 0 Å². The first kappa shape index (κ1) is 39.7. The van der Waals surface area contributed by atoms with Crippen molar-refractivity contribution in [3.63, 3.8) is 0 Å². The monoisotopic (exact) mass is 656 g/mol. The Balaban J connectivity index is 2.50. The molecule has 2 atom stereocenters. The fraction of sp³-hybridized carbons (Fsp3) is 0.600. The van der Waals surface area contributed by atoms with Crippen molar-refractivity contribution in [1.82, 2.24) is 4.90 Å². The lowest BCUT2D eigenvalue weighted by Gasteiger charge is -2.42. The highest BCUT2D eigenvalue weighted by Crippen LogP contribution is 2.47. The van der Waals surface area contributed by atoms with Crippen LogP contribution in [0.25, 0.3) is 0 Å². The van der Waals surface area contributed by atoms with Gasteiger partial charge in [-0.1, -0.05) is 141 Å². The third-order valence-electron chi connectivity index (χ3n) is 9.66. The summed E-state index contributed by atoms with van der Waals surface area (Å²) in [5.74, 6) is 1.76. The Labute approximate surface area is 295 Å². The van der Waals surface area contributed by atoms with Gasteiger partial charge in [0.2, 0.25) is 0 Å². The van der Waals surface area contributed by atoms with Crippen LogP contribution in [0.1, 0.15) is 175 Å². The van der Waals surface area contributed by atoms with Crippen molar-refractivity contribution in [3.05, 3.63) is 93.5 Å². The van der Waals surface area contributed by atoms with Crippen LogP contribution in [0.3, 0.4) is 0 Å². The Bertz CT molecular complexity index is 1340. The van der Waals surface area contributed by atoms with E-state index in [0.717, 1.165) is 41.6 Å². The molecule has 3 heteroatoms. The Morgan fingerprint density at radius 1 is 0.500 bits per heavy atom. The molecule has 0 aliphatic carbocycles. The highest BCUT2D eigenvalue weighted by molar-refractivity contribution is 5.52. The third-order valence-corrected chi connectivity index (χ3v) is 9.66. The molecule has 3 nitrogen and oxygen atoms in total. The van der Waals surface area contributed by atoms with Crippen molar-refractivity contribution in [2.24, 2.45) is 11.8 Å². The predicted molar refractivity (Wildman–Crippen MR) is 207 cm³/mol. The predicted octanol–water partition coefficient (Wildman–Crippen LogP) is 12.7. The van der Waals surface area contributed by atoms with E-state index < -0.39 is 0 Å². The van der Waals surface area contributed by atoms with Gasteiger partial charge in [0.1, 0.15) is 11.5 Å². The molecule has 0 heterocycles. The fourth-order valence-corrected chi connectivity index (χ4v) is 7.04. The second-order valence-electron chi connectivity index (χ2n) is 19.4. The Morgan fingerprint density at radius 2 is 0.792 bits per heavy atom. The van der Waals surface area contributed by atoms with E-state index in [1.165, 1.54) is 16.7 Å². The summed E-state index contributed by atoms with van der Waals surface area (Å²) in [4.78, 5) is 2.76. The van der Waals surface area contributed by atoms with Gasteiger partial charge in [0.05, 0.1) is 0 Å². The number of phenolic OH excluding ortho intramolecular Hbond substituents is 2. The fourth-order valence-electron chi connectivity index (χ4n) is 7.04. The molecule has 0 spiro atoms. The molecule has 3 aromatic carbocycles. The van der Waals surface area contributed by atoms with Crippen molar-refractivity contribution in [3.8, 4) is 11.5 Å². The van der Waals surface area contributed by atoms with E-state index in [1.807, 2.05) is 0 Å². The summed E-state index contributed by atoms with van der Waals surface area (Å²) in [7, 11) is 0. The second-order valence-corrected chi connectivity index (χ2v) is 19.4. The minimum Gasteiger partial charge on any atom is -0.507 e. The van der Waals surface area contributed by atoms with Crippen LogP contribution in [0.5, 0.6) is 11.5 Å². The van der Waals surface area contributed by atoms with E-state index in [2.05, 4.69) is 170 Å². The molecule has 0 saturated carbocycles. The number of hydrogen-bond donors (Lipinski definition) is 2. The maximum atomic E-state index is 11.7. The van der Waals surface area contributed by atoms with E-state index >= 15 is 0 Å². The Kier molecular flexibility index (Phi) is 12.1. The normalized spacial score (nSPS) is 14.6. The number of benzene rings is 3. The topological polar surface area (TPSA) is 43.7 Å². The zero-order chi connectivity index (χ0) is 36.6. The van der Waals surface area contributed by atoms with Gasteiger partial charge in [-0.05, 0) is 110 Å². The standard InChI is InChI=1S/C45H69NO2/c1-29(2)22-38(32-24-34(42(5,6)7)40(47)35(25-32)43(8,9)10)46(28-31-20-18-17-19-21-31)39(23-30(3)4)33-26-36(44(11,12)13)41(48)37(27-33)45(14,15)16/h17-21,24-27,29-30,38-39,47-48H,22-23,28H2,1-16H3. The van der Waals surface area contributed by atoms with Gasteiger partial charge < -0.3 is 10.2 Å². The molecule has 266 valence electrons. The molecule has 2 unspecified atom stereocenters. The molecule has 2 N–H and O–H groups in total. The van der Waals surface area contributed by atoms with Gasteiger partial charge in [-0.3, -0.25) is 4.90 Å². The van der Waals surface area contributed by atoms with Gasteiger partial charge in [0.15, 0.2) is 0 Å². The van der Waals surface area contributed by atoms with Crippen LogP contribution in [0.15, 0.2) is 54.6 Å². The van der Waals surface area contributed by atoms with Crippen LogP contribution in [0, 0.1) is 11.8 Å². The first-order valence-electron chi connectivity index (χ1n) is 18.4. The molecule has 0 aliphatic rings. The van der Waals surface area contributed by atoms with Crippen LogP contribution >= 0.6 is 0 Å². The summed E-state index contributed by atoms with van der Waals surface area (Å²) >= 11 is 0. The average Bonchev–Trinajstić information content (AvgIpc) is 2.92. The number of rotatable bonds is 10. The molecular formula is C45H69NO2. The lowest BCUT2D eigenvalue weighted by molar-refractivity contribution is 0.0919. The largest absolute Gasteiger partial charge is 0.507 e. The maximum Gasteiger partial charge on any atom is 0.123 e. The van der Waals surface area contributed by atoms with Gasteiger partial charge in [0, 0.05) is 18.6 Å². The number of phenols is 2. The average molecular weight is 656 g/mol. The lowest BCUT2D eigenvalue weighted by atomic mass is 9.76. The van der Waals surface area contributed by atoms with Crippen molar-refractivity contribution >= 4 is 0 Å². The van der Waals surface area contributed by atoms with Gasteiger partial charge in [-0.15, -0.1) is 0 Å². The van der Waals surface area contributed by atoms with Crippen molar-refractivity contribution < 1.29 is 10.2 Å². The summed E-state index contributed by atoms with van der Waals surface area (Å²) < 4.78 is 0. The minimum absolute atomic E-state index is 0.0988. The summed E-state index contributed by atoms with van der Waals surface area (Å²) in [6.07, 6.45) is 1.96. The molecule has 0 radical (unpaired) electrons. The molecule has 3 aromatic rings.